The first-order chi connectivity index (χ1) is 13.0. The van der Waals surface area contributed by atoms with E-state index < -0.39 is 12.0 Å². The zero-order valence-corrected chi connectivity index (χ0v) is 16.7. The molecule has 1 heterocycles. The molecule has 0 aliphatic carbocycles. The lowest BCUT2D eigenvalue weighted by Gasteiger charge is -2.38. The van der Waals surface area contributed by atoms with Gasteiger partial charge in [0.05, 0.1) is 31.5 Å². The zero-order chi connectivity index (χ0) is 19.6. The lowest BCUT2D eigenvalue weighted by atomic mass is 9.94. The number of benzene rings is 2. The van der Waals surface area contributed by atoms with Crippen molar-refractivity contribution in [2.75, 3.05) is 19.1 Å². The predicted octanol–water partition coefficient (Wildman–Crippen LogP) is 4.23. The number of anilines is 1. The van der Waals surface area contributed by atoms with Crippen molar-refractivity contribution in [3.8, 4) is 5.75 Å². The van der Waals surface area contributed by atoms with Crippen molar-refractivity contribution in [1.29, 1.82) is 0 Å². The number of hydrogen-bond donors (Lipinski definition) is 1. The van der Waals surface area contributed by atoms with E-state index in [1.54, 1.807) is 18.1 Å². The molecule has 1 N–H and O–H groups in total. The van der Waals surface area contributed by atoms with Crippen LogP contribution >= 0.6 is 23.8 Å². The summed E-state index contributed by atoms with van der Waals surface area (Å²) in [5.74, 6) is 0.189. The molecule has 0 fully saturated rings. The highest BCUT2D eigenvalue weighted by molar-refractivity contribution is 7.80. The Morgan fingerprint density at radius 2 is 1.81 bits per heavy atom. The first-order valence-corrected chi connectivity index (χ1v) is 9.05. The Morgan fingerprint density at radius 3 is 2.48 bits per heavy atom. The molecule has 0 amide bonds. The number of nitrogens with one attached hydrogen (secondary N) is 1. The molecule has 0 aromatic heterocycles. The molecule has 0 bridgehead atoms. The highest BCUT2D eigenvalue weighted by Crippen LogP contribution is 2.39. The molecule has 0 radical (unpaired) electrons. The van der Waals surface area contributed by atoms with Crippen molar-refractivity contribution < 1.29 is 14.3 Å². The first-order valence-electron chi connectivity index (χ1n) is 8.26. The normalized spacial score (nSPS) is 16.8. The number of esters is 1. The van der Waals surface area contributed by atoms with Crippen molar-refractivity contribution in [3.63, 3.8) is 0 Å². The zero-order valence-electron chi connectivity index (χ0n) is 15.2. The van der Waals surface area contributed by atoms with Gasteiger partial charge in [0.2, 0.25) is 0 Å². The predicted molar refractivity (Wildman–Crippen MR) is 110 cm³/mol. The lowest BCUT2D eigenvalue weighted by molar-refractivity contribution is -0.136. The summed E-state index contributed by atoms with van der Waals surface area (Å²) in [5, 5.41) is 4.21. The minimum Gasteiger partial charge on any atom is -0.495 e. The van der Waals surface area contributed by atoms with Gasteiger partial charge in [0.15, 0.2) is 5.11 Å². The number of ether oxygens (including phenoxy) is 2. The second-order valence-corrected chi connectivity index (χ2v) is 6.70. The van der Waals surface area contributed by atoms with Crippen LogP contribution in [0.1, 0.15) is 18.5 Å². The van der Waals surface area contributed by atoms with Crippen molar-refractivity contribution in [2.24, 2.45) is 0 Å². The van der Waals surface area contributed by atoms with Gasteiger partial charge in [-0.05, 0) is 42.9 Å². The molecular weight excluding hydrogens is 384 g/mol. The maximum Gasteiger partial charge on any atom is 0.337 e. The molecule has 1 aliphatic rings. The Morgan fingerprint density at radius 1 is 1.15 bits per heavy atom. The third kappa shape index (κ3) is 3.50. The minimum absolute atomic E-state index is 0.435. The van der Waals surface area contributed by atoms with Crippen molar-refractivity contribution in [1.82, 2.24) is 5.32 Å². The van der Waals surface area contributed by atoms with Crippen LogP contribution in [-0.2, 0) is 9.53 Å². The monoisotopic (exact) mass is 402 g/mol. The Balaban J connectivity index is 2.20. The summed E-state index contributed by atoms with van der Waals surface area (Å²) < 4.78 is 10.5. The van der Waals surface area contributed by atoms with Gasteiger partial charge in [-0.3, -0.25) is 4.90 Å². The number of carbonyl (C=O) groups is 1. The number of allylic oxidation sites excluding steroid dienone is 1. The summed E-state index contributed by atoms with van der Waals surface area (Å²) in [6.45, 7) is 1.83. The largest absolute Gasteiger partial charge is 0.495 e. The van der Waals surface area contributed by atoms with Crippen LogP contribution in [0.25, 0.3) is 0 Å². The molecule has 7 heteroatoms. The fourth-order valence-electron chi connectivity index (χ4n) is 3.16. The SMILES string of the molecule is COC(=O)C1=C(C)N(c2ccccc2OC)C(=S)N[C@@H]1c1ccccc1Cl. The molecule has 0 saturated heterocycles. The Bertz CT molecular complexity index is 929. The van der Waals surface area contributed by atoms with E-state index in [0.717, 1.165) is 11.3 Å². The molecule has 5 nitrogen and oxygen atoms in total. The molecule has 2 aromatic carbocycles. The second kappa shape index (κ2) is 7.98. The van der Waals surface area contributed by atoms with Crippen molar-refractivity contribution in [3.05, 3.63) is 70.4 Å². The van der Waals surface area contributed by atoms with Crippen LogP contribution in [0.5, 0.6) is 5.75 Å². The van der Waals surface area contributed by atoms with Crippen LogP contribution in [0.4, 0.5) is 5.69 Å². The van der Waals surface area contributed by atoms with Crippen molar-refractivity contribution in [2.45, 2.75) is 13.0 Å². The van der Waals surface area contributed by atoms with Crippen LogP contribution in [0.15, 0.2) is 59.8 Å². The molecule has 0 unspecified atom stereocenters. The van der Waals surface area contributed by atoms with Gasteiger partial charge < -0.3 is 14.8 Å². The number of methoxy groups -OCH3 is 2. The molecule has 1 aliphatic heterocycles. The van der Waals surface area contributed by atoms with Gasteiger partial charge in [-0.1, -0.05) is 41.9 Å². The molecule has 2 aromatic rings. The summed E-state index contributed by atoms with van der Waals surface area (Å²) in [5.41, 5.74) is 2.57. The van der Waals surface area contributed by atoms with Gasteiger partial charge in [0.1, 0.15) is 5.75 Å². The standard InChI is InChI=1S/C20H19ClN2O3S/c1-12-17(19(24)26-3)18(13-8-4-5-9-14(13)21)22-20(27)23(12)15-10-6-7-11-16(15)25-2/h4-11,18H,1-3H3,(H,22,27)/t18-/m1/s1. The van der Waals surface area contributed by atoms with E-state index in [-0.39, 0.29) is 0 Å². The summed E-state index contributed by atoms with van der Waals surface area (Å²) in [4.78, 5) is 14.4. The first kappa shape index (κ1) is 19.2. The Kier molecular flexibility index (Phi) is 5.68. The summed E-state index contributed by atoms with van der Waals surface area (Å²) in [6, 6.07) is 14.3. The number of thiocarbonyl (C=S) groups is 1. The van der Waals surface area contributed by atoms with E-state index in [9.17, 15) is 4.79 Å². The number of carbonyl (C=O) groups excluding carboxylic acids is 1. The maximum absolute atomic E-state index is 12.6. The van der Waals surface area contributed by atoms with E-state index >= 15 is 0 Å². The number of hydrogen-bond acceptors (Lipinski definition) is 4. The second-order valence-electron chi connectivity index (χ2n) is 5.90. The van der Waals surface area contributed by atoms with E-state index in [4.69, 9.17) is 33.3 Å². The topological polar surface area (TPSA) is 50.8 Å². The smallest absolute Gasteiger partial charge is 0.337 e. The van der Waals surface area contributed by atoms with Gasteiger partial charge in [0.25, 0.3) is 0 Å². The average molecular weight is 403 g/mol. The molecule has 27 heavy (non-hydrogen) atoms. The fraction of sp³-hybridized carbons (Fsp3) is 0.200. The van der Waals surface area contributed by atoms with Crippen LogP contribution in [0.2, 0.25) is 5.02 Å². The quantitative estimate of drug-likeness (QED) is 0.610. The number of rotatable bonds is 4. The number of nitrogens with zero attached hydrogens (tertiary/aromatic N) is 1. The molecule has 0 saturated carbocycles. The fourth-order valence-corrected chi connectivity index (χ4v) is 3.76. The van der Waals surface area contributed by atoms with Crippen LogP contribution < -0.4 is 15.0 Å². The summed E-state index contributed by atoms with van der Waals surface area (Å²) in [6.07, 6.45) is 0. The number of halogens is 1. The van der Waals surface area contributed by atoms with E-state index in [2.05, 4.69) is 5.32 Å². The third-order valence-electron chi connectivity index (χ3n) is 4.43. The van der Waals surface area contributed by atoms with Crippen LogP contribution in [0.3, 0.4) is 0 Å². The Hall–Kier alpha value is -2.57. The molecule has 140 valence electrons. The van der Waals surface area contributed by atoms with Crippen LogP contribution in [-0.4, -0.2) is 25.3 Å². The van der Waals surface area contributed by atoms with E-state index in [0.29, 0.717) is 27.2 Å². The molecule has 1 atom stereocenters. The summed E-state index contributed by atoms with van der Waals surface area (Å²) in [7, 11) is 2.94. The van der Waals surface area contributed by atoms with Gasteiger partial charge in [0, 0.05) is 10.7 Å². The van der Waals surface area contributed by atoms with Gasteiger partial charge in [-0.2, -0.15) is 0 Å². The molecule has 0 spiro atoms. The number of para-hydroxylation sites is 2. The van der Waals surface area contributed by atoms with E-state index in [1.165, 1.54) is 7.11 Å². The summed E-state index contributed by atoms with van der Waals surface area (Å²) >= 11 is 12.0. The van der Waals surface area contributed by atoms with Crippen LogP contribution in [0, 0.1) is 0 Å². The minimum atomic E-state index is -0.510. The Labute approximate surface area is 168 Å². The van der Waals surface area contributed by atoms with Gasteiger partial charge in [-0.15, -0.1) is 0 Å². The third-order valence-corrected chi connectivity index (χ3v) is 5.08. The molecular formula is C20H19ClN2O3S. The van der Waals surface area contributed by atoms with E-state index in [1.807, 2.05) is 49.4 Å². The van der Waals surface area contributed by atoms with Gasteiger partial charge in [-0.25, -0.2) is 4.79 Å². The maximum atomic E-state index is 12.6. The van der Waals surface area contributed by atoms with Gasteiger partial charge >= 0.3 is 5.97 Å². The molecule has 3 rings (SSSR count). The van der Waals surface area contributed by atoms with Crippen molar-refractivity contribution >= 4 is 40.6 Å². The average Bonchev–Trinajstić information content (AvgIpc) is 2.68. The highest BCUT2D eigenvalue weighted by Gasteiger charge is 2.36. The lowest BCUT2D eigenvalue weighted by Crippen LogP contribution is -2.48. The highest BCUT2D eigenvalue weighted by atomic mass is 35.5.